The van der Waals surface area contributed by atoms with Gasteiger partial charge >= 0.3 is 0 Å². The number of hydrogen-bond donors (Lipinski definition) is 1. The van der Waals surface area contributed by atoms with E-state index in [-0.39, 0.29) is 0 Å². The van der Waals surface area contributed by atoms with Gasteiger partial charge in [0.25, 0.3) is 0 Å². The van der Waals surface area contributed by atoms with E-state index in [1.54, 1.807) is 0 Å². The Morgan fingerprint density at radius 2 is 2.24 bits per heavy atom. The maximum atomic E-state index is 5.54. The number of aromatic nitrogens is 1. The molecule has 0 saturated heterocycles. The van der Waals surface area contributed by atoms with Crippen LogP contribution in [0.3, 0.4) is 0 Å². The lowest BCUT2D eigenvalue weighted by Crippen LogP contribution is -2.32. The summed E-state index contributed by atoms with van der Waals surface area (Å²) < 4.78 is 0. The quantitative estimate of drug-likeness (QED) is 0.819. The van der Waals surface area contributed by atoms with Crippen molar-refractivity contribution in [2.75, 3.05) is 24.5 Å². The van der Waals surface area contributed by atoms with E-state index < -0.39 is 0 Å². The first-order valence-corrected chi connectivity index (χ1v) is 6.73. The minimum atomic E-state index is 0.695. The van der Waals surface area contributed by atoms with Crippen LogP contribution in [0.25, 0.3) is 0 Å². The van der Waals surface area contributed by atoms with Crippen molar-refractivity contribution in [3.8, 4) is 0 Å². The number of rotatable bonds is 6. The fourth-order valence-corrected chi connectivity index (χ4v) is 2.29. The van der Waals surface area contributed by atoms with Gasteiger partial charge in [0, 0.05) is 19.3 Å². The van der Waals surface area contributed by atoms with Gasteiger partial charge in [-0.05, 0) is 50.3 Å². The minimum Gasteiger partial charge on any atom is -0.357 e. The van der Waals surface area contributed by atoms with Gasteiger partial charge in [0.1, 0.15) is 5.82 Å². The average molecular weight is 233 g/mol. The highest BCUT2D eigenvalue weighted by Gasteiger charge is 2.20. The van der Waals surface area contributed by atoms with Crippen LogP contribution in [-0.2, 0) is 6.42 Å². The SMILES string of the molecule is CCN(CC1CCC1)c1ccc(CCN)cn1. The van der Waals surface area contributed by atoms with Crippen LogP contribution in [0.5, 0.6) is 0 Å². The lowest BCUT2D eigenvalue weighted by Gasteiger charge is -2.32. The number of nitrogens with zero attached hydrogens (tertiary/aromatic N) is 2. The molecule has 0 aliphatic heterocycles. The Morgan fingerprint density at radius 1 is 1.41 bits per heavy atom. The van der Waals surface area contributed by atoms with Gasteiger partial charge in [-0.1, -0.05) is 12.5 Å². The first-order chi connectivity index (χ1) is 8.33. The summed E-state index contributed by atoms with van der Waals surface area (Å²) in [4.78, 5) is 6.94. The molecule has 0 radical (unpaired) electrons. The third-order valence-corrected chi connectivity index (χ3v) is 3.65. The summed E-state index contributed by atoms with van der Waals surface area (Å²) in [5.74, 6) is 2.00. The summed E-state index contributed by atoms with van der Waals surface area (Å²) in [5.41, 5.74) is 6.77. The molecular weight excluding hydrogens is 210 g/mol. The summed E-state index contributed by atoms with van der Waals surface area (Å²) >= 11 is 0. The van der Waals surface area contributed by atoms with Crippen LogP contribution >= 0.6 is 0 Å². The Labute approximate surface area is 104 Å². The normalized spacial score (nSPS) is 15.6. The van der Waals surface area contributed by atoms with Crippen LogP contribution in [0, 0.1) is 5.92 Å². The Hall–Kier alpha value is -1.09. The van der Waals surface area contributed by atoms with Crippen LogP contribution in [0.2, 0.25) is 0 Å². The van der Waals surface area contributed by atoms with Crippen molar-refractivity contribution >= 4 is 5.82 Å². The predicted molar refractivity (Wildman–Crippen MR) is 72.2 cm³/mol. The van der Waals surface area contributed by atoms with E-state index in [4.69, 9.17) is 5.73 Å². The highest BCUT2D eigenvalue weighted by Crippen LogP contribution is 2.28. The average Bonchev–Trinajstić information content (AvgIpc) is 2.30. The molecule has 1 aliphatic rings. The van der Waals surface area contributed by atoms with E-state index in [0.717, 1.165) is 24.7 Å². The molecule has 0 aromatic carbocycles. The van der Waals surface area contributed by atoms with Gasteiger partial charge in [-0.15, -0.1) is 0 Å². The van der Waals surface area contributed by atoms with Crippen molar-refractivity contribution in [1.29, 1.82) is 0 Å². The van der Waals surface area contributed by atoms with Crippen molar-refractivity contribution in [3.63, 3.8) is 0 Å². The first-order valence-electron chi connectivity index (χ1n) is 6.73. The number of pyridine rings is 1. The van der Waals surface area contributed by atoms with E-state index in [9.17, 15) is 0 Å². The van der Waals surface area contributed by atoms with Crippen molar-refractivity contribution < 1.29 is 0 Å². The fraction of sp³-hybridized carbons (Fsp3) is 0.643. The Morgan fingerprint density at radius 3 is 2.71 bits per heavy atom. The standard InChI is InChI=1S/C14H23N3/c1-2-17(11-13-4-3-5-13)14-7-6-12(8-9-15)10-16-14/h6-7,10,13H,2-5,8-9,11,15H2,1H3. The van der Waals surface area contributed by atoms with E-state index in [2.05, 4.69) is 28.9 Å². The monoisotopic (exact) mass is 233 g/mol. The summed E-state index contributed by atoms with van der Waals surface area (Å²) in [5, 5.41) is 0. The molecule has 1 aromatic rings. The number of nitrogens with two attached hydrogens (primary N) is 1. The van der Waals surface area contributed by atoms with E-state index in [0.29, 0.717) is 6.54 Å². The molecule has 1 aliphatic carbocycles. The van der Waals surface area contributed by atoms with E-state index >= 15 is 0 Å². The summed E-state index contributed by atoms with van der Waals surface area (Å²) in [6, 6.07) is 4.28. The zero-order valence-electron chi connectivity index (χ0n) is 10.7. The number of anilines is 1. The maximum absolute atomic E-state index is 5.54. The molecule has 1 aromatic heterocycles. The molecule has 1 heterocycles. The number of hydrogen-bond acceptors (Lipinski definition) is 3. The second kappa shape index (κ2) is 6.01. The van der Waals surface area contributed by atoms with Gasteiger partial charge in [-0.25, -0.2) is 4.98 Å². The fourth-order valence-electron chi connectivity index (χ4n) is 2.29. The molecule has 1 fully saturated rings. The summed E-state index contributed by atoms with van der Waals surface area (Å²) in [6.45, 7) is 5.11. The zero-order valence-corrected chi connectivity index (χ0v) is 10.7. The van der Waals surface area contributed by atoms with E-state index in [1.807, 2.05) is 6.20 Å². The highest BCUT2D eigenvalue weighted by molar-refractivity contribution is 5.39. The Kier molecular flexibility index (Phi) is 4.37. The van der Waals surface area contributed by atoms with E-state index in [1.165, 1.54) is 31.4 Å². The molecule has 0 atom stereocenters. The third-order valence-electron chi connectivity index (χ3n) is 3.65. The lowest BCUT2D eigenvalue weighted by molar-refractivity contribution is 0.318. The minimum absolute atomic E-state index is 0.695. The molecule has 3 heteroatoms. The molecule has 0 unspecified atom stereocenters. The molecular formula is C14H23N3. The molecule has 1 saturated carbocycles. The molecule has 2 rings (SSSR count). The van der Waals surface area contributed by atoms with Crippen LogP contribution in [0.4, 0.5) is 5.82 Å². The topological polar surface area (TPSA) is 42.1 Å². The summed E-state index contributed by atoms with van der Waals surface area (Å²) in [6.07, 6.45) is 7.07. The van der Waals surface area contributed by atoms with Gasteiger partial charge in [0.05, 0.1) is 0 Å². The molecule has 3 nitrogen and oxygen atoms in total. The van der Waals surface area contributed by atoms with Crippen LogP contribution in [-0.4, -0.2) is 24.6 Å². The molecule has 0 amide bonds. The van der Waals surface area contributed by atoms with Gasteiger partial charge in [0.15, 0.2) is 0 Å². The highest BCUT2D eigenvalue weighted by atomic mass is 15.2. The maximum Gasteiger partial charge on any atom is 0.128 e. The van der Waals surface area contributed by atoms with Crippen LogP contribution in [0.15, 0.2) is 18.3 Å². The lowest BCUT2D eigenvalue weighted by atomic mass is 9.85. The third kappa shape index (κ3) is 3.19. The van der Waals surface area contributed by atoms with Crippen molar-refractivity contribution in [2.45, 2.75) is 32.6 Å². The predicted octanol–water partition coefficient (Wildman–Crippen LogP) is 2.21. The molecule has 0 spiro atoms. The van der Waals surface area contributed by atoms with Crippen LogP contribution < -0.4 is 10.6 Å². The summed E-state index contributed by atoms with van der Waals surface area (Å²) in [7, 11) is 0. The largest absolute Gasteiger partial charge is 0.357 e. The van der Waals surface area contributed by atoms with Crippen LogP contribution in [0.1, 0.15) is 31.7 Å². The zero-order chi connectivity index (χ0) is 12.1. The van der Waals surface area contributed by atoms with Crippen molar-refractivity contribution in [3.05, 3.63) is 23.9 Å². The van der Waals surface area contributed by atoms with Crippen molar-refractivity contribution in [2.24, 2.45) is 11.7 Å². The smallest absolute Gasteiger partial charge is 0.128 e. The second-order valence-corrected chi connectivity index (χ2v) is 4.90. The van der Waals surface area contributed by atoms with Gasteiger partial charge in [-0.2, -0.15) is 0 Å². The Bertz CT molecular complexity index is 330. The van der Waals surface area contributed by atoms with Gasteiger partial charge in [-0.3, -0.25) is 0 Å². The first kappa shape index (κ1) is 12.4. The molecule has 94 valence electrons. The molecule has 0 bridgehead atoms. The van der Waals surface area contributed by atoms with Gasteiger partial charge in [0.2, 0.25) is 0 Å². The molecule has 2 N–H and O–H groups in total. The second-order valence-electron chi connectivity index (χ2n) is 4.90. The molecule has 17 heavy (non-hydrogen) atoms. The van der Waals surface area contributed by atoms with Crippen molar-refractivity contribution in [1.82, 2.24) is 4.98 Å². The van der Waals surface area contributed by atoms with Gasteiger partial charge < -0.3 is 10.6 Å². The Balaban J connectivity index is 1.97.